The molecule has 110 valence electrons. The van der Waals surface area contributed by atoms with Crippen molar-refractivity contribution >= 4 is 21.4 Å². The van der Waals surface area contributed by atoms with Gasteiger partial charge in [-0.15, -0.1) is 11.3 Å². The Hall–Kier alpha value is -0.570. The minimum atomic E-state index is -3.84. The van der Waals surface area contributed by atoms with Crippen molar-refractivity contribution in [3.05, 3.63) is 15.8 Å². The van der Waals surface area contributed by atoms with E-state index >= 15 is 0 Å². The van der Waals surface area contributed by atoms with E-state index in [-0.39, 0.29) is 4.90 Å². The summed E-state index contributed by atoms with van der Waals surface area (Å²) in [5.41, 5.74) is 0. The number of aryl methyl sites for hydroxylation is 1. The van der Waals surface area contributed by atoms with Crippen LogP contribution in [0.3, 0.4) is 0 Å². The number of alkyl halides is 2. The van der Waals surface area contributed by atoms with Gasteiger partial charge in [-0.2, -0.15) is 0 Å². The lowest BCUT2D eigenvalue weighted by Crippen LogP contribution is -2.28. The van der Waals surface area contributed by atoms with Gasteiger partial charge in [-0.3, -0.25) is 0 Å². The highest BCUT2D eigenvalue weighted by molar-refractivity contribution is 7.89. The van der Waals surface area contributed by atoms with Gasteiger partial charge < -0.3 is 5.32 Å². The quantitative estimate of drug-likeness (QED) is 0.723. The van der Waals surface area contributed by atoms with E-state index in [0.717, 1.165) is 17.8 Å². The number of nitrogens with one attached hydrogen (secondary N) is 2. The third-order valence-corrected chi connectivity index (χ3v) is 5.10. The molecule has 2 N–H and O–H groups in total. The van der Waals surface area contributed by atoms with Gasteiger partial charge in [0, 0.05) is 16.3 Å². The molecular formula is C11H18F2N2O2S2. The van der Waals surface area contributed by atoms with Gasteiger partial charge in [0.1, 0.15) is 0 Å². The van der Waals surface area contributed by atoms with E-state index in [1.54, 1.807) is 6.92 Å². The Morgan fingerprint density at radius 2 is 2.11 bits per heavy atom. The summed E-state index contributed by atoms with van der Waals surface area (Å²) in [6, 6.07) is 1.54. The molecule has 8 heteroatoms. The van der Waals surface area contributed by atoms with Crippen molar-refractivity contribution in [2.24, 2.45) is 0 Å². The standard InChI is InChI=1S/C11H18F2N2O2S2/c1-3-4-14-6-9-5-10(8(2)18-9)19(16,17)15-7-11(12)13/h5,11,14-15H,3-4,6-7H2,1-2H3. The van der Waals surface area contributed by atoms with Gasteiger partial charge in [0.05, 0.1) is 11.4 Å². The molecular weight excluding hydrogens is 294 g/mol. The highest BCUT2D eigenvalue weighted by Gasteiger charge is 2.20. The molecule has 0 spiro atoms. The molecule has 0 radical (unpaired) electrons. The largest absolute Gasteiger partial charge is 0.312 e. The van der Waals surface area contributed by atoms with Crippen molar-refractivity contribution in [3.8, 4) is 0 Å². The van der Waals surface area contributed by atoms with Crippen molar-refractivity contribution in [2.75, 3.05) is 13.1 Å². The maximum atomic E-state index is 12.1. The molecule has 0 saturated carbocycles. The smallest absolute Gasteiger partial charge is 0.251 e. The molecule has 0 amide bonds. The van der Waals surface area contributed by atoms with Gasteiger partial charge in [0.2, 0.25) is 10.0 Å². The van der Waals surface area contributed by atoms with Crippen LogP contribution in [0.15, 0.2) is 11.0 Å². The molecule has 0 bridgehead atoms. The molecule has 0 aliphatic carbocycles. The molecule has 0 unspecified atom stereocenters. The van der Waals surface area contributed by atoms with Crippen molar-refractivity contribution in [1.29, 1.82) is 0 Å². The second kappa shape index (κ2) is 7.28. The summed E-state index contributed by atoms with van der Waals surface area (Å²) < 4.78 is 49.7. The van der Waals surface area contributed by atoms with Crippen LogP contribution < -0.4 is 10.0 Å². The van der Waals surface area contributed by atoms with Crippen LogP contribution in [0.25, 0.3) is 0 Å². The molecule has 1 aromatic rings. The zero-order valence-electron chi connectivity index (χ0n) is 10.9. The summed E-state index contributed by atoms with van der Waals surface area (Å²) in [6.45, 7) is 4.29. The second-order valence-corrected chi connectivity index (χ2v) is 7.13. The predicted octanol–water partition coefficient (Wildman–Crippen LogP) is 2.10. The molecule has 0 aliphatic heterocycles. The summed E-state index contributed by atoms with van der Waals surface area (Å²) in [6.07, 6.45) is -1.70. The number of halogens is 2. The van der Waals surface area contributed by atoms with Crippen LogP contribution in [0.1, 0.15) is 23.1 Å². The highest BCUT2D eigenvalue weighted by atomic mass is 32.2. The normalized spacial score (nSPS) is 12.3. The topological polar surface area (TPSA) is 58.2 Å². The minimum Gasteiger partial charge on any atom is -0.312 e. The number of rotatable bonds is 8. The molecule has 1 aromatic heterocycles. The first-order chi connectivity index (χ1) is 8.86. The lowest BCUT2D eigenvalue weighted by molar-refractivity contribution is 0.153. The van der Waals surface area contributed by atoms with E-state index in [1.165, 1.54) is 17.4 Å². The van der Waals surface area contributed by atoms with Crippen LogP contribution >= 0.6 is 11.3 Å². The van der Waals surface area contributed by atoms with E-state index in [4.69, 9.17) is 0 Å². The fraction of sp³-hybridized carbons (Fsp3) is 0.636. The SMILES string of the molecule is CCCNCc1cc(S(=O)(=O)NCC(F)F)c(C)s1. The third-order valence-electron chi connectivity index (χ3n) is 2.37. The van der Waals surface area contributed by atoms with Gasteiger partial charge in [0.15, 0.2) is 0 Å². The average Bonchev–Trinajstić information content (AvgIpc) is 2.69. The van der Waals surface area contributed by atoms with Crippen LogP contribution in [0.4, 0.5) is 8.78 Å². The van der Waals surface area contributed by atoms with Crippen LogP contribution in [0, 0.1) is 6.92 Å². The van der Waals surface area contributed by atoms with Gasteiger partial charge in [0.25, 0.3) is 6.43 Å². The van der Waals surface area contributed by atoms with E-state index in [9.17, 15) is 17.2 Å². The summed E-state index contributed by atoms with van der Waals surface area (Å²) in [4.78, 5) is 1.57. The second-order valence-electron chi connectivity index (χ2n) is 4.05. The van der Waals surface area contributed by atoms with Crippen LogP contribution in [-0.2, 0) is 16.6 Å². The van der Waals surface area contributed by atoms with Gasteiger partial charge >= 0.3 is 0 Å². The lowest BCUT2D eigenvalue weighted by Gasteiger charge is -2.04. The Labute approximate surface area is 116 Å². The molecule has 0 saturated heterocycles. The molecule has 19 heavy (non-hydrogen) atoms. The van der Waals surface area contributed by atoms with E-state index in [0.29, 0.717) is 11.4 Å². The van der Waals surface area contributed by atoms with Crippen molar-refractivity contribution in [3.63, 3.8) is 0 Å². The first-order valence-corrected chi connectivity index (χ1v) is 8.24. The van der Waals surface area contributed by atoms with Gasteiger partial charge in [-0.25, -0.2) is 21.9 Å². The fourth-order valence-corrected chi connectivity index (χ4v) is 4.13. The van der Waals surface area contributed by atoms with Crippen LogP contribution in [0.2, 0.25) is 0 Å². The van der Waals surface area contributed by atoms with Gasteiger partial charge in [-0.05, 0) is 26.0 Å². The zero-order valence-corrected chi connectivity index (χ0v) is 12.5. The van der Waals surface area contributed by atoms with Crippen molar-refractivity contribution < 1.29 is 17.2 Å². The Balaban J connectivity index is 2.77. The van der Waals surface area contributed by atoms with E-state index in [1.807, 2.05) is 11.6 Å². The number of hydrogen-bond acceptors (Lipinski definition) is 4. The fourth-order valence-electron chi connectivity index (χ4n) is 1.52. The first-order valence-electron chi connectivity index (χ1n) is 5.94. The van der Waals surface area contributed by atoms with Crippen molar-refractivity contribution in [1.82, 2.24) is 10.0 Å². The molecule has 0 fully saturated rings. The molecule has 1 rings (SSSR count). The van der Waals surface area contributed by atoms with Crippen LogP contribution in [0.5, 0.6) is 0 Å². The molecule has 0 aromatic carbocycles. The van der Waals surface area contributed by atoms with Gasteiger partial charge in [-0.1, -0.05) is 6.92 Å². The summed E-state index contributed by atoms with van der Waals surface area (Å²) >= 11 is 1.36. The maximum absolute atomic E-state index is 12.1. The average molecular weight is 312 g/mol. The summed E-state index contributed by atoms with van der Waals surface area (Å²) in [7, 11) is -3.84. The number of sulfonamides is 1. The summed E-state index contributed by atoms with van der Waals surface area (Å²) in [5, 5.41) is 3.17. The van der Waals surface area contributed by atoms with Crippen LogP contribution in [-0.4, -0.2) is 27.9 Å². The third kappa shape index (κ3) is 5.13. The lowest BCUT2D eigenvalue weighted by atomic mass is 10.4. The number of thiophene rings is 1. The van der Waals surface area contributed by atoms with Crippen molar-refractivity contribution in [2.45, 2.75) is 38.1 Å². The minimum absolute atomic E-state index is 0.0893. The summed E-state index contributed by atoms with van der Waals surface area (Å²) in [5.74, 6) is 0. The van der Waals surface area contributed by atoms with E-state index < -0.39 is 23.0 Å². The highest BCUT2D eigenvalue weighted by Crippen LogP contribution is 2.25. The Morgan fingerprint density at radius 3 is 2.68 bits per heavy atom. The molecule has 0 atom stereocenters. The Morgan fingerprint density at radius 1 is 1.42 bits per heavy atom. The Kier molecular flexibility index (Phi) is 6.31. The molecule has 0 aliphatic rings. The Bertz CT molecular complexity index is 501. The zero-order chi connectivity index (χ0) is 14.5. The molecule has 4 nitrogen and oxygen atoms in total. The number of hydrogen-bond donors (Lipinski definition) is 2. The molecule has 1 heterocycles. The monoisotopic (exact) mass is 312 g/mol. The van der Waals surface area contributed by atoms with E-state index in [2.05, 4.69) is 5.32 Å². The maximum Gasteiger partial charge on any atom is 0.251 e. The predicted molar refractivity (Wildman–Crippen MR) is 72.2 cm³/mol. The first kappa shape index (κ1) is 16.5.